The highest BCUT2D eigenvalue weighted by molar-refractivity contribution is 5.06. The second-order valence-corrected chi connectivity index (χ2v) is 5.52. The maximum Gasteiger partial charge on any atom is 0.118 e. The first-order chi connectivity index (χ1) is 8.67. The van der Waals surface area contributed by atoms with E-state index in [1.807, 2.05) is 12.1 Å². The zero-order valence-corrected chi connectivity index (χ0v) is 11.6. The predicted molar refractivity (Wildman–Crippen MR) is 73.2 cm³/mol. The Kier molecular flexibility index (Phi) is 4.80. The Bertz CT molecular complexity index is 356. The van der Waals surface area contributed by atoms with E-state index in [0.29, 0.717) is 6.54 Å². The van der Waals surface area contributed by atoms with Crippen molar-refractivity contribution >= 4 is 0 Å². The topological polar surface area (TPSA) is 45.6 Å². The molecule has 0 atom stereocenters. The Balaban J connectivity index is 1.76. The Morgan fingerprint density at radius 3 is 2.61 bits per heavy atom. The third-order valence-corrected chi connectivity index (χ3v) is 3.75. The van der Waals surface area contributed by atoms with Gasteiger partial charge in [0.2, 0.25) is 0 Å². The molecule has 18 heavy (non-hydrogen) atoms. The van der Waals surface area contributed by atoms with Crippen LogP contribution in [0.3, 0.4) is 0 Å². The molecule has 2 heterocycles. The number of rotatable bonds is 5. The van der Waals surface area contributed by atoms with E-state index in [-0.39, 0.29) is 0 Å². The van der Waals surface area contributed by atoms with E-state index in [2.05, 4.69) is 23.9 Å². The lowest BCUT2D eigenvalue weighted by Gasteiger charge is -2.31. The molecule has 0 aromatic carbocycles. The Labute approximate surface area is 110 Å². The van der Waals surface area contributed by atoms with Gasteiger partial charge in [-0.3, -0.25) is 4.90 Å². The molecule has 0 bridgehead atoms. The summed E-state index contributed by atoms with van der Waals surface area (Å²) in [5.41, 5.74) is 5.54. The molecule has 0 spiro atoms. The molecular formula is C14H25N3O. The minimum absolute atomic E-state index is 0.485. The van der Waals surface area contributed by atoms with Crippen LogP contribution in [0.1, 0.15) is 24.4 Å². The highest BCUT2D eigenvalue weighted by Crippen LogP contribution is 2.18. The summed E-state index contributed by atoms with van der Waals surface area (Å²) in [5.74, 6) is 2.72. The molecule has 1 saturated heterocycles. The van der Waals surface area contributed by atoms with Gasteiger partial charge in [-0.15, -0.1) is 0 Å². The fourth-order valence-corrected chi connectivity index (χ4v) is 2.63. The zero-order valence-electron chi connectivity index (χ0n) is 11.6. The number of piperidine rings is 1. The van der Waals surface area contributed by atoms with Crippen LogP contribution in [0.5, 0.6) is 0 Å². The van der Waals surface area contributed by atoms with E-state index in [1.165, 1.54) is 25.9 Å². The van der Waals surface area contributed by atoms with Crippen LogP contribution >= 0.6 is 0 Å². The molecule has 0 amide bonds. The Hall–Kier alpha value is -0.840. The van der Waals surface area contributed by atoms with Crippen molar-refractivity contribution in [2.45, 2.75) is 25.9 Å². The number of nitrogens with zero attached hydrogens (tertiary/aromatic N) is 2. The smallest absolute Gasteiger partial charge is 0.118 e. The second kappa shape index (κ2) is 6.36. The van der Waals surface area contributed by atoms with Crippen molar-refractivity contribution in [1.29, 1.82) is 0 Å². The summed E-state index contributed by atoms with van der Waals surface area (Å²) < 4.78 is 5.63. The third kappa shape index (κ3) is 3.83. The van der Waals surface area contributed by atoms with Gasteiger partial charge < -0.3 is 15.1 Å². The van der Waals surface area contributed by atoms with E-state index >= 15 is 0 Å². The summed E-state index contributed by atoms with van der Waals surface area (Å²) in [4.78, 5) is 4.77. The van der Waals surface area contributed by atoms with Gasteiger partial charge in [-0.2, -0.15) is 0 Å². The van der Waals surface area contributed by atoms with Crippen molar-refractivity contribution < 1.29 is 4.42 Å². The lowest BCUT2D eigenvalue weighted by atomic mass is 9.97. The molecule has 1 aromatic rings. The highest BCUT2D eigenvalue weighted by Gasteiger charge is 2.18. The number of nitrogens with two attached hydrogens (primary N) is 1. The van der Waals surface area contributed by atoms with Gasteiger partial charge in [-0.25, -0.2) is 0 Å². The van der Waals surface area contributed by atoms with E-state index in [9.17, 15) is 0 Å². The monoisotopic (exact) mass is 251 g/mol. The Morgan fingerprint density at radius 1 is 1.33 bits per heavy atom. The lowest BCUT2D eigenvalue weighted by molar-refractivity contribution is 0.168. The van der Waals surface area contributed by atoms with Gasteiger partial charge in [0, 0.05) is 6.54 Å². The molecule has 0 aliphatic carbocycles. The van der Waals surface area contributed by atoms with E-state index in [0.717, 1.165) is 30.5 Å². The average molecular weight is 251 g/mol. The minimum atomic E-state index is 0.485. The van der Waals surface area contributed by atoms with Gasteiger partial charge >= 0.3 is 0 Å². The van der Waals surface area contributed by atoms with Gasteiger partial charge in [-0.1, -0.05) is 0 Å². The first-order valence-corrected chi connectivity index (χ1v) is 6.82. The van der Waals surface area contributed by atoms with Gasteiger partial charge in [0.15, 0.2) is 0 Å². The fraction of sp³-hybridized carbons (Fsp3) is 0.714. The first kappa shape index (κ1) is 13.6. The molecule has 1 fully saturated rings. The van der Waals surface area contributed by atoms with Crippen molar-refractivity contribution in [3.05, 3.63) is 23.7 Å². The van der Waals surface area contributed by atoms with Gasteiger partial charge in [-0.05, 0) is 58.1 Å². The average Bonchev–Trinajstić information content (AvgIpc) is 2.79. The largest absolute Gasteiger partial charge is 0.463 e. The van der Waals surface area contributed by atoms with E-state index < -0.39 is 0 Å². The van der Waals surface area contributed by atoms with Crippen LogP contribution in [0.2, 0.25) is 0 Å². The van der Waals surface area contributed by atoms with Crippen LogP contribution in [0.15, 0.2) is 16.5 Å². The standard InChI is InChI=1S/C14H25N3O/c1-16-7-5-12(6-8-16)10-17(2)11-14-4-3-13(9-15)18-14/h3-4,12H,5-11,15H2,1-2H3. The lowest BCUT2D eigenvalue weighted by Crippen LogP contribution is -2.35. The summed E-state index contributed by atoms with van der Waals surface area (Å²) in [6.07, 6.45) is 2.63. The SMILES string of the molecule is CN1CCC(CN(C)Cc2ccc(CN)o2)CC1. The summed E-state index contributed by atoms with van der Waals surface area (Å²) in [6, 6.07) is 4.01. The number of likely N-dealkylation sites (tertiary alicyclic amines) is 1. The molecule has 0 saturated carbocycles. The van der Waals surface area contributed by atoms with Crippen LogP contribution in [0.25, 0.3) is 0 Å². The molecule has 102 valence electrons. The molecule has 1 aromatic heterocycles. The normalized spacial score (nSPS) is 18.7. The fourth-order valence-electron chi connectivity index (χ4n) is 2.63. The molecule has 4 heteroatoms. The summed E-state index contributed by atoms with van der Waals surface area (Å²) in [5, 5.41) is 0. The van der Waals surface area contributed by atoms with Gasteiger partial charge in [0.25, 0.3) is 0 Å². The molecule has 2 N–H and O–H groups in total. The number of hydrogen-bond donors (Lipinski definition) is 1. The Morgan fingerprint density at radius 2 is 2.00 bits per heavy atom. The summed E-state index contributed by atoms with van der Waals surface area (Å²) >= 11 is 0. The van der Waals surface area contributed by atoms with E-state index in [1.54, 1.807) is 0 Å². The van der Waals surface area contributed by atoms with Crippen molar-refractivity contribution in [3.8, 4) is 0 Å². The van der Waals surface area contributed by atoms with Crippen molar-refractivity contribution in [1.82, 2.24) is 9.80 Å². The van der Waals surface area contributed by atoms with Gasteiger partial charge in [0.05, 0.1) is 13.1 Å². The van der Waals surface area contributed by atoms with Crippen LogP contribution in [-0.4, -0.2) is 43.5 Å². The van der Waals surface area contributed by atoms with Gasteiger partial charge in [0.1, 0.15) is 11.5 Å². The zero-order chi connectivity index (χ0) is 13.0. The van der Waals surface area contributed by atoms with Crippen LogP contribution < -0.4 is 5.73 Å². The quantitative estimate of drug-likeness (QED) is 0.861. The highest BCUT2D eigenvalue weighted by atomic mass is 16.3. The van der Waals surface area contributed by atoms with E-state index in [4.69, 9.17) is 10.2 Å². The van der Waals surface area contributed by atoms with Crippen LogP contribution in [0, 0.1) is 5.92 Å². The molecular weight excluding hydrogens is 226 g/mol. The first-order valence-electron chi connectivity index (χ1n) is 6.82. The number of hydrogen-bond acceptors (Lipinski definition) is 4. The molecule has 0 unspecified atom stereocenters. The second-order valence-electron chi connectivity index (χ2n) is 5.52. The van der Waals surface area contributed by atoms with Crippen LogP contribution in [0.4, 0.5) is 0 Å². The maximum absolute atomic E-state index is 5.63. The molecule has 2 rings (SSSR count). The number of furan rings is 1. The van der Waals surface area contributed by atoms with Crippen molar-refractivity contribution in [2.75, 3.05) is 33.7 Å². The third-order valence-electron chi connectivity index (χ3n) is 3.75. The maximum atomic E-state index is 5.63. The summed E-state index contributed by atoms with van der Waals surface area (Å²) in [6.45, 7) is 4.99. The predicted octanol–water partition coefficient (Wildman–Crippen LogP) is 1.51. The van der Waals surface area contributed by atoms with Crippen LogP contribution in [-0.2, 0) is 13.1 Å². The molecule has 4 nitrogen and oxygen atoms in total. The van der Waals surface area contributed by atoms with Crippen molar-refractivity contribution in [3.63, 3.8) is 0 Å². The summed E-state index contributed by atoms with van der Waals surface area (Å²) in [7, 11) is 4.38. The molecule has 1 aliphatic rings. The minimum Gasteiger partial charge on any atom is -0.463 e. The molecule has 0 radical (unpaired) electrons. The molecule has 1 aliphatic heterocycles. The van der Waals surface area contributed by atoms with Crippen molar-refractivity contribution in [2.24, 2.45) is 11.7 Å².